The molecule has 0 bridgehead atoms. The van der Waals surface area contributed by atoms with E-state index in [1.54, 1.807) is 6.07 Å². The number of hydrogen-bond acceptors (Lipinski definition) is 3. The molecule has 2 aromatic carbocycles. The van der Waals surface area contributed by atoms with Crippen molar-refractivity contribution in [2.24, 2.45) is 5.14 Å². The molecule has 2 aromatic rings. The third-order valence-electron chi connectivity index (χ3n) is 3.22. The first-order valence-corrected chi connectivity index (χ1v) is 8.60. The highest BCUT2D eigenvalue weighted by Crippen LogP contribution is 2.34. The lowest BCUT2D eigenvalue weighted by molar-refractivity contribution is 0.474. The number of aryl methyl sites for hydroxylation is 2. The van der Waals surface area contributed by atoms with E-state index in [1.807, 2.05) is 26.8 Å². The zero-order chi connectivity index (χ0) is 15.8. The molecule has 0 heterocycles. The molecule has 0 spiro atoms. The third kappa shape index (κ3) is 3.64. The van der Waals surface area contributed by atoms with Crippen LogP contribution in [-0.4, -0.2) is 8.42 Å². The molecule has 0 amide bonds. The summed E-state index contributed by atoms with van der Waals surface area (Å²) in [5, 5.41) is 5.10. The van der Waals surface area contributed by atoms with Gasteiger partial charge in [0.15, 0.2) is 0 Å². The Kier molecular flexibility index (Phi) is 4.41. The predicted molar refractivity (Wildman–Crippen MR) is 86.2 cm³/mol. The van der Waals surface area contributed by atoms with Crippen LogP contribution in [0.15, 0.2) is 39.7 Å². The number of sulfonamides is 1. The second-order valence-electron chi connectivity index (χ2n) is 4.94. The van der Waals surface area contributed by atoms with Crippen molar-refractivity contribution in [3.63, 3.8) is 0 Å². The zero-order valence-corrected chi connectivity index (χ0v) is 14.4. The Hall–Kier alpha value is -1.37. The van der Waals surface area contributed by atoms with E-state index >= 15 is 0 Å². The van der Waals surface area contributed by atoms with E-state index in [0.29, 0.717) is 10.2 Å². The van der Waals surface area contributed by atoms with Gasteiger partial charge in [-0.3, -0.25) is 0 Å². The Balaban J connectivity index is 2.42. The largest absolute Gasteiger partial charge is 0.456 e. The first-order chi connectivity index (χ1) is 9.68. The van der Waals surface area contributed by atoms with Crippen LogP contribution < -0.4 is 9.88 Å². The molecule has 0 saturated heterocycles. The second-order valence-corrected chi connectivity index (χ2v) is 7.36. The molecule has 0 radical (unpaired) electrons. The molecule has 0 fully saturated rings. The van der Waals surface area contributed by atoms with Crippen molar-refractivity contribution in [3.05, 3.63) is 51.5 Å². The first kappa shape index (κ1) is 16.0. The summed E-state index contributed by atoms with van der Waals surface area (Å²) in [6.07, 6.45) is 0. The highest BCUT2D eigenvalue weighted by Gasteiger charge is 2.13. The minimum absolute atomic E-state index is 0.0406. The maximum Gasteiger partial charge on any atom is 0.238 e. The smallest absolute Gasteiger partial charge is 0.238 e. The fourth-order valence-corrected chi connectivity index (χ4v) is 3.12. The van der Waals surface area contributed by atoms with Gasteiger partial charge in [0.2, 0.25) is 10.0 Å². The van der Waals surface area contributed by atoms with Gasteiger partial charge >= 0.3 is 0 Å². The minimum Gasteiger partial charge on any atom is -0.456 e. The molecule has 2 rings (SSSR count). The molecule has 0 atom stereocenters. The summed E-state index contributed by atoms with van der Waals surface area (Å²) in [5.74, 6) is 1.28. The van der Waals surface area contributed by atoms with Gasteiger partial charge in [0.1, 0.15) is 11.5 Å². The Labute approximate surface area is 133 Å². The number of halogens is 1. The van der Waals surface area contributed by atoms with Crippen LogP contribution in [0.5, 0.6) is 11.5 Å². The quantitative estimate of drug-likeness (QED) is 0.893. The van der Waals surface area contributed by atoms with Gasteiger partial charge in [0.25, 0.3) is 0 Å². The Morgan fingerprint density at radius 3 is 2.29 bits per heavy atom. The molecule has 0 aliphatic heterocycles. The summed E-state index contributed by atoms with van der Waals surface area (Å²) in [6, 6.07) is 8.47. The van der Waals surface area contributed by atoms with E-state index in [0.717, 1.165) is 22.4 Å². The van der Waals surface area contributed by atoms with Crippen molar-refractivity contribution in [2.45, 2.75) is 25.7 Å². The first-order valence-electron chi connectivity index (χ1n) is 6.26. The van der Waals surface area contributed by atoms with Gasteiger partial charge in [-0.25, -0.2) is 13.6 Å². The average molecular weight is 370 g/mol. The lowest BCUT2D eigenvalue weighted by Gasteiger charge is -2.13. The molecule has 0 aliphatic rings. The molecule has 0 aromatic heterocycles. The van der Waals surface area contributed by atoms with Gasteiger partial charge < -0.3 is 4.74 Å². The van der Waals surface area contributed by atoms with Crippen LogP contribution in [0.3, 0.4) is 0 Å². The van der Waals surface area contributed by atoms with Crippen molar-refractivity contribution >= 4 is 26.0 Å². The number of nitrogens with two attached hydrogens (primary N) is 1. The fraction of sp³-hybridized carbons (Fsp3) is 0.200. The van der Waals surface area contributed by atoms with E-state index < -0.39 is 10.0 Å². The van der Waals surface area contributed by atoms with Crippen LogP contribution in [0.4, 0.5) is 0 Å². The molecule has 0 saturated carbocycles. The number of rotatable bonds is 3. The van der Waals surface area contributed by atoms with Crippen LogP contribution in [0.25, 0.3) is 0 Å². The molecule has 2 N–H and O–H groups in total. The van der Waals surface area contributed by atoms with Gasteiger partial charge in [-0.2, -0.15) is 0 Å². The zero-order valence-electron chi connectivity index (χ0n) is 12.0. The number of ether oxygens (including phenoxy) is 1. The molecule has 0 aliphatic carbocycles. The topological polar surface area (TPSA) is 69.4 Å². The third-order valence-corrected chi connectivity index (χ3v) is 4.75. The van der Waals surface area contributed by atoms with Crippen molar-refractivity contribution in [1.82, 2.24) is 0 Å². The van der Waals surface area contributed by atoms with E-state index in [4.69, 9.17) is 9.88 Å². The summed E-state index contributed by atoms with van der Waals surface area (Å²) in [5.41, 5.74) is 3.29. The summed E-state index contributed by atoms with van der Waals surface area (Å²) >= 11 is 3.31. The Morgan fingerprint density at radius 2 is 1.71 bits per heavy atom. The molecule has 112 valence electrons. The molecule has 6 heteroatoms. The normalized spacial score (nSPS) is 11.5. The van der Waals surface area contributed by atoms with Crippen LogP contribution in [0.2, 0.25) is 0 Å². The molecule has 21 heavy (non-hydrogen) atoms. The standard InChI is InChI=1S/C15H16BrNO3S/c1-9-6-10(2)11(3)15(7-9)20-14-5-4-12(8-13(14)16)21(17,18)19/h4-8H,1-3H3,(H2,17,18,19). The molecule has 0 unspecified atom stereocenters. The van der Waals surface area contributed by atoms with Crippen molar-refractivity contribution < 1.29 is 13.2 Å². The summed E-state index contributed by atoms with van der Waals surface area (Å²) in [6.45, 7) is 6.00. The second kappa shape index (κ2) is 5.79. The van der Waals surface area contributed by atoms with Gasteiger partial charge in [-0.05, 0) is 77.7 Å². The highest BCUT2D eigenvalue weighted by molar-refractivity contribution is 9.10. The number of benzene rings is 2. The van der Waals surface area contributed by atoms with Crippen molar-refractivity contribution in [1.29, 1.82) is 0 Å². The van der Waals surface area contributed by atoms with Gasteiger partial charge in [0.05, 0.1) is 9.37 Å². The summed E-state index contributed by atoms with van der Waals surface area (Å²) in [4.78, 5) is 0.0406. The van der Waals surface area contributed by atoms with E-state index in [-0.39, 0.29) is 4.90 Å². The summed E-state index contributed by atoms with van der Waals surface area (Å²) in [7, 11) is -3.72. The Bertz CT molecular complexity index is 801. The number of primary sulfonamides is 1. The monoisotopic (exact) mass is 369 g/mol. The van der Waals surface area contributed by atoms with Crippen LogP contribution in [0, 0.1) is 20.8 Å². The van der Waals surface area contributed by atoms with E-state index in [2.05, 4.69) is 22.0 Å². The minimum atomic E-state index is -3.72. The van der Waals surface area contributed by atoms with Crippen molar-refractivity contribution in [2.75, 3.05) is 0 Å². The van der Waals surface area contributed by atoms with E-state index in [1.165, 1.54) is 12.1 Å². The SMILES string of the molecule is Cc1cc(C)c(C)c(Oc2ccc(S(N)(=O)=O)cc2Br)c1. The van der Waals surface area contributed by atoms with Crippen LogP contribution in [0.1, 0.15) is 16.7 Å². The lowest BCUT2D eigenvalue weighted by atomic mass is 10.1. The van der Waals surface area contributed by atoms with Crippen molar-refractivity contribution in [3.8, 4) is 11.5 Å². The summed E-state index contributed by atoms with van der Waals surface area (Å²) < 4.78 is 29.1. The fourth-order valence-electron chi connectivity index (χ4n) is 1.97. The maximum atomic E-state index is 11.3. The van der Waals surface area contributed by atoms with E-state index in [9.17, 15) is 8.42 Å². The molecule has 4 nitrogen and oxygen atoms in total. The number of hydrogen-bond donors (Lipinski definition) is 1. The maximum absolute atomic E-state index is 11.3. The van der Waals surface area contributed by atoms with Gasteiger partial charge in [-0.1, -0.05) is 6.07 Å². The highest BCUT2D eigenvalue weighted by atomic mass is 79.9. The Morgan fingerprint density at radius 1 is 1.05 bits per heavy atom. The predicted octanol–water partition coefficient (Wildman–Crippen LogP) is 3.81. The average Bonchev–Trinajstić information content (AvgIpc) is 2.36. The lowest BCUT2D eigenvalue weighted by Crippen LogP contribution is -2.11. The van der Waals surface area contributed by atoms with Gasteiger partial charge in [-0.15, -0.1) is 0 Å². The van der Waals surface area contributed by atoms with Crippen LogP contribution >= 0.6 is 15.9 Å². The molecular weight excluding hydrogens is 354 g/mol. The van der Waals surface area contributed by atoms with Crippen LogP contribution in [-0.2, 0) is 10.0 Å². The molecular formula is C15H16BrNO3S. The van der Waals surface area contributed by atoms with Gasteiger partial charge in [0, 0.05) is 0 Å².